The molecule has 24 heavy (non-hydrogen) atoms. The fraction of sp³-hybridized carbons (Fsp3) is 0. The Morgan fingerprint density at radius 2 is 0.792 bits per heavy atom. The second-order valence-electron chi connectivity index (χ2n) is 4.12. The first-order valence-electron chi connectivity index (χ1n) is 5.80. The molecular formula is C14H6F6O4. The van der Waals surface area contributed by atoms with Crippen molar-refractivity contribution in [2.24, 2.45) is 0 Å². The van der Waals surface area contributed by atoms with Crippen LogP contribution in [0.15, 0.2) is 24.3 Å². The molecule has 0 bridgehead atoms. The number of hydrogen-bond donors (Lipinski definition) is 2. The van der Waals surface area contributed by atoms with Gasteiger partial charge >= 0.3 is 11.9 Å². The Kier molecular flexibility index (Phi) is 5.93. The Bertz CT molecular complexity index is 692. The molecule has 0 amide bonds. The highest BCUT2D eigenvalue weighted by atomic mass is 19.2. The Morgan fingerprint density at radius 3 is 0.958 bits per heavy atom. The third-order valence-electron chi connectivity index (χ3n) is 2.46. The van der Waals surface area contributed by atoms with Gasteiger partial charge in [-0.15, -0.1) is 0 Å². The fourth-order valence-corrected chi connectivity index (χ4v) is 1.36. The molecule has 0 aliphatic carbocycles. The number of carboxylic acids is 2. The molecule has 0 aromatic heterocycles. The van der Waals surface area contributed by atoms with Crippen molar-refractivity contribution in [1.29, 1.82) is 0 Å². The Hall–Kier alpha value is -3.04. The van der Waals surface area contributed by atoms with Gasteiger partial charge < -0.3 is 10.2 Å². The van der Waals surface area contributed by atoms with Gasteiger partial charge in [-0.2, -0.15) is 0 Å². The minimum atomic E-state index is -1.67. The molecule has 0 atom stereocenters. The summed E-state index contributed by atoms with van der Waals surface area (Å²) >= 11 is 0. The van der Waals surface area contributed by atoms with Crippen molar-refractivity contribution in [3.63, 3.8) is 0 Å². The largest absolute Gasteiger partial charge is 0.478 e. The summed E-state index contributed by atoms with van der Waals surface area (Å²) in [7, 11) is 0. The van der Waals surface area contributed by atoms with E-state index in [1.54, 1.807) is 0 Å². The van der Waals surface area contributed by atoms with E-state index in [1.807, 2.05) is 0 Å². The first-order valence-corrected chi connectivity index (χ1v) is 5.80. The quantitative estimate of drug-likeness (QED) is 0.640. The first kappa shape index (κ1) is 19.0. The van der Waals surface area contributed by atoms with Gasteiger partial charge in [0.2, 0.25) is 0 Å². The van der Waals surface area contributed by atoms with E-state index in [9.17, 15) is 35.9 Å². The maximum atomic E-state index is 12.3. The summed E-state index contributed by atoms with van der Waals surface area (Å²) in [4.78, 5) is 20.3. The van der Waals surface area contributed by atoms with Gasteiger partial charge in [0, 0.05) is 0 Å². The van der Waals surface area contributed by atoms with E-state index < -0.39 is 58.0 Å². The smallest absolute Gasteiger partial charge is 0.335 e. The Labute approximate surface area is 129 Å². The van der Waals surface area contributed by atoms with Crippen molar-refractivity contribution < 1.29 is 46.1 Å². The summed E-state index contributed by atoms with van der Waals surface area (Å²) < 4.78 is 73.8. The number of rotatable bonds is 2. The van der Waals surface area contributed by atoms with Crippen LogP contribution in [-0.4, -0.2) is 22.2 Å². The monoisotopic (exact) mass is 352 g/mol. The maximum Gasteiger partial charge on any atom is 0.335 e. The van der Waals surface area contributed by atoms with Gasteiger partial charge in [-0.1, -0.05) is 0 Å². The van der Waals surface area contributed by atoms with Crippen LogP contribution in [0.1, 0.15) is 20.7 Å². The highest BCUT2D eigenvalue weighted by Crippen LogP contribution is 2.14. The van der Waals surface area contributed by atoms with E-state index >= 15 is 0 Å². The van der Waals surface area contributed by atoms with E-state index in [4.69, 9.17) is 10.2 Å². The molecular weight excluding hydrogens is 346 g/mol. The first-order chi connectivity index (χ1) is 11.0. The Balaban J connectivity index is 0.000000240. The highest BCUT2D eigenvalue weighted by Gasteiger charge is 2.14. The molecule has 128 valence electrons. The molecule has 4 nitrogen and oxygen atoms in total. The number of halogens is 6. The molecule has 2 N–H and O–H groups in total. The van der Waals surface area contributed by atoms with E-state index in [-0.39, 0.29) is 0 Å². The van der Waals surface area contributed by atoms with Gasteiger partial charge in [0.1, 0.15) is 0 Å². The zero-order valence-corrected chi connectivity index (χ0v) is 11.3. The normalized spacial score (nSPS) is 9.92. The standard InChI is InChI=1S/2C7H3F3O2/c2*8-4-1-3(7(11)12)2-5(9)6(4)10/h2*1-2H,(H,11,12). The Morgan fingerprint density at radius 1 is 0.583 bits per heavy atom. The lowest BCUT2D eigenvalue weighted by atomic mass is 10.2. The van der Waals surface area contributed by atoms with Crippen LogP contribution in [0.25, 0.3) is 0 Å². The number of benzene rings is 2. The van der Waals surface area contributed by atoms with Crippen LogP contribution in [0.2, 0.25) is 0 Å². The van der Waals surface area contributed by atoms with Crippen LogP contribution in [0.3, 0.4) is 0 Å². The second-order valence-corrected chi connectivity index (χ2v) is 4.12. The summed E-state index contributed by atoms with van der Waals surface area (Å²) in [5.74, 6) is -12.4. The average molecular weight is 352 g/mol. The molecule has 10 heteroatoms. The lowest BCUT2D eigenvalue weighted by Gasteiger charge is -1.96. The molecule has 2 rings (SSSR count). The average Bonchev–Trinajstić information content (AvgIpc) is 2.49. The maximum absolute atomic E-state index is 12.3. The van der Waals surface area contributed by atoms with E-state index in [2.05, 4.69) is 0 Å². The molecule has 0 unspecified atom stereocenters. The van der Waals surface area contributed by atoms with Gasteiger partial charge in [-0.25, -0.2) is 35.9 Å². The van der Waals surface area contributed by atoms with Crippen molar-refractivity contribution >= 4 is 11.9 Å². The van der Waals surface area contributed by atoms with Crippen LogP contribution in [0, 0.1) is 34.9 Å². The summed E-state index contributed by atoms with van der Waals surface area (Å²) in [6.45, 7) is 0. The van der Waals surface area contributed by atoms with Crippen molar-refractivity contribution in [2.75, 3.05) is 0 Å². The lowest BCUT2D eigenvalue weighted by molar-refractivity contribution is 0.0685. The minimum Gasteiger partial charge on any atom is -0.478 e. The second kappa shape index (κ2) is 7.49. The molecule has 0 radical (unpaired) electrons. The lowest BCUT2D eigenvalue weighted by Crippen LogP contribution is -2.00. The van der Waals surface area contributed by atoms with Crippen molar-refractivity contribution in [3.05, 3.63) is 70.3 Å². The SMILES string of the molecule is O=C(O)c1cc(F)c(F)c(F)c1.O=C(O)c1cc(F)c(F)c(F)c1. The summed E-state index contributed by atoms with van der Waals surface area (Å²) in [5, 5.41) is 16.5. The number of hydrogen-bond acceptors (Lipinski definition) is 2. The molecule has 2 aromatic carbocycles. The molecule has 0 fully saturated rings. The van der Waals surface area contributed by atoms with Gasteiger partial charge in [-0.3, -0.25) is 0 Å². The topological polar surface area (TPSA) is 74.6 Å². The van der Waals surface area contributed by atoms with Gasteiger partial charge in [0.05, 0.1) is 11.1 Å². The zero-order valence-electron chi connectivity index (χ0n) is 11.3. The molecule has 2 aromatic rings. The summed E-state index contributed by atoms with van der Waals surface area (Å²) in [5.41, 5.74) is -1.24. The fourth-order valence-electron chi connectivity index (χ4n) is 1.36. The number of aromatic carboxylic acids is 2. The van der Waals surface area contributed by atoms with Crippen LogP contribution in [0.5, 0.6) is 0 Å². The van der Waals surface area contributed by atoms with Gasteiger partial charge in [-0.05, 0) is 24.3 Å². The van der Waals surface area contributed by atoms with Crippen molar-refractivity contribution in [3.8, 4) is 0 Å². The molecule has 0 saturated heterocycles. The van der Waals surface area contributed by atoms with Crippen LogP contribution in [0.4, 0.5) is 26.3 Å². The van der Waals surface area contributed by atoms with Crippen LogP contribution >= 0.6 is 0 Å². The summed E-state index contributed by atoms with van der Waals surface area (Å²) in [6.07, 6.45) is 0. The number of carboxylic acid groups (broad SMARTS) is 2. The summed E-state index contributed by atoms with van der Waals surface area (Å²) in [6, 6.07) is 1.67. The van der Waals surface area contributed by atoms with Crippen molar-refractivity contribution in [1.82, 2.24) is 0 Å². The molecule has 0 heterocycles. The molecule has 0 saturated carbocycles. The predicted octanol–water partition coefficient (Wildman–Crippen LogP) is 3.60. The van der Waals surface area contributed by atoms with E-state index in [0.717, 1.165) is 0 Å². The predicted molar refractivity (Wildman–Crippen MR) is 66.6 cm³/mol. The molecule has 0 aliphatic heterocycles. The van der Waals surface area contributed by atoms with E-state index in [0.29, 0.717) is 24.3 Å². The van der Waals surface area contributed by atoms with Crippen molar-refractivity contribution in [2.45, 2.75) is 0 Å². The number of carbonyl (C=O) groups is 2. The van der Waals surface area contributed by atoms with Crippen LogP contribution in [-0.2, 0) is 0 Å². The minimum absolute atomic E-state index is 0.417. The van der Waals surface area contributed by atoms with Gasteiger partial charge in [0.15, 0.2) is 34.9 Å². The molecule has 0 aliphatic rings. The van der Waals surface area contributed by atoms with Gasteiger partial charge in [0.25, 0.3) is 0 Å². The molecule has 0 spiro atoms. The third-order valence-corrected chi connectivity index (χ3v) is 2.46. The zero-order chi connectivity index (χ0) is 18.6. The highest BCUT2D eigenvalue weighted by molar-refractivity contribution is 5.87. The van der Waals surface area contributed by atoms with Crippen LogP contribution < -0.4 is 0 Å². The van der Waals surface area contributed by atoms with E-state index in [1.165, 1.54) is 0 Å². The third kappa shape index (κ3) is 4.48.